The molecule has 0 saturated heterocycles. The van der Waals surface area contributed by atoms with Crippen LogP contribution in [0.1, 0.15) is 15.9 Å². The van der Waals surface area contributed by atoms with Crippen LogP contribution >= 0.6 is 0 Å². The zero-order chi connectivity index (χ0) is 15.5. The van der Waals surface area contributed by atoms with Crippen LogP contribution < -0.4 is 14.8 Å². The van der Waals surface area contributed by atoms with E-state index in [4.69, 9.17) is 4.74 Å². The molecule has 4 nitrogen and oxygen atoms in total. The zero-order valence-electron chi connectivity index (χ0n) is 11.5. The van der Waals surface area contributed by atoms with E-state index in [9.17, 15) is 13.6 Å². The highest BCUT2D eigenvalue weighted by Crippen LogP contribution is 2.28. The Morgan fingerprint density at radius 2 is 2.05 bits per heavy atom. The molecule has 0 aromatic heterocycles. The maximum Gasteiger partial charge on any atom is 0.387 e. The number of amides is 1. The molecular weight excluding hydrogens is 292 g/mol. The van der Waals surface area contributed by atoms with Crippen molar-refractivity contribution in [2.75, 3.05) is 11.9 Å². The minimum absolute atomic E-state index is 0.0738. The predicted octanol–water partition coefficient (Wildman–Crippen LogP) is 3.48. The van der Waals surface area contributed by atoms with Crippen LogP contribution in [-0.2, 0) is 6.42 Å². The third-order valence-electron chi connectivity index (χ3n) is 3.30. The number of anilines is 1. The van der Waals surface area contributed by atoms with Crippen LogP contribution in [0.15, 0.2) is 42.5 Å². The molecule has 6 heteroatoms. The molecule has 3 rings (SSSR count). The molecule has 22 heavy (non-hydrogen) atoms. The van der Waals surface area contributed by atoms with E-state index in [2.05, 4.69) is 10.1 Å². The third-order valence-corrected chi connectivity index (χ3v) is 3.30. The molecule has 0 atom stereocenters. The van der Waals surface area contributed by atoms with Crippen molar-refractivity contribution in [1.29, 1.82) is 0 Å². The fraction of sp³-hybridized carbons (Fsp3) is 0.188. The Hall–Kier alpha value is -2.63. The van der Waals surface area contributed by atoms with Gasteiger partial charge in [0, 0.05) is 12.0 Å². The second-order valence-corrected chi connectivity index (χ2v) is 4.75. The summed E-state index contributed by atoms with van der Waals surface area (Å²) in [4.78, 5) is 12.3. The van der Waals surface area contributed by atoms with Gasteiger partial charge in [-0.2, -0.15) is 8.78 Å². The number of carbonyl (C=O) groups is 1. The van der Waals surface area contributed by atoms with Gasteiger partial charge in [-0.05, 0) is 35.9 Å². The van der Waals surface area contributed by atoms with Crippen LogP contribution in [-0.4, -0.2) is 19.1 Å². The average molecular weight is 305 g/mol. The van der Waals surface area contributed by atoms with Crippen LogP contribution in [0.2, 0.25) is 0 Å². The Kier molecular flexibility index (Phi) is 3.91. The highest BCUT2D eigenvalue weighted by molar-refractivity contribution is 6.05. The first kappa shape index (κ1) is 14.3. The van der Waals surface area contributed by atoms with Gasteiger partial charge in [-0.3, -0.25) is 4.79 Å². The average Bonchev–Trinajstić information content (AvgIpc) is 2.96. The summed E-state index contributed by atoms with van der Waals surface area (Å²) in [6.45, 7) is -2.35. The van der Waals surface area contributed by atoms with Gasteiger partial charge in [0.2, 0.25) is 0 Å². The minimum Gasteiger partial charge on any atom is -0.493 e. The van der Waals surface area contributed by atoms with Crippen LogP contribution in [0.4, 0.5) is 14.5 Å². The van der Waals surface area contributed by atoms with Gasteiger partial charge in [-0.1, -0.05) is 12.1 Å². The molecule has 0 bridgehead atoms. The third kappa shape index (κ3) is 3.00. The molecular formula is C16H13F2NO3. The van der Waals surface area contributed by atoms with Crippen LogP contribution in [0.25, 0.3) is 0 Å². The first-order valence-corrected chi connectivity index (χ1v) is 6.74. The number of hydrogen-bond acceptors (Lipinski definition) is 3. The number of benzene rings is 2. The summed E-state index contributed by atoms with van der Waals surface area (Å²) in [7, 11) is 0. The monoisotopic (exact) mass is 305 g/mol. The van der Waals surface area contributed by atoms with Crippen molar-refractivity contribution in [1.82, 2.24) is 0 Å². The zero-order valence-corrected chi connectivity index (χ0v) is 11.5. The lowest BCUT2D eigenvalue weighted by molar-refractivity contribution is -0.0493. The van der Waals surface area contributed by atoms with Crippen molar-refractivity contribution in [2.24, 2.45) is 0 Å². The fourth-order valence-corrected chi connectivity index (χ4v) is 2.29. The number of alkyl halides is 2. The molecule has 1 aliphatic rings. The fourth-order valence-electron chi connectivity index (χ4n) is 2.29. The summed E-state index contributed by atoms with van der Waals surface area (Å²) in [6.07, 6.45) is 0.752. The lowest BCUT2D eigenvalue weighted by atomic mass is 10.1. The minimum atomic E-state index is -2.95. The predicted molar refractivity (Wildman–Crippen MR) is 76.7 cm³/mol. The van der Waals surface area contributed by atoms with Crippen molar-refractivity contribution in [2.45, 2.75) is 13.0 Å². The summed E-state index contributed by atoms with van der Waals surface area (Å²) in [5, 5.41) is 2.59. The van der Waals surface area contributed by atoms with E-state index in [1.54, 1.807) is 30.3 Å². The molecule has 1 N–H and O–H groups in total. The van der Waals surface area contributed by atoms with Crippen molar-refractivity contribution in [3.05, 3.63) is 53.6 Å². The molecule has 2 aromatic rings. The summed E-state index contributed by atoms with van der Waals surface area (Å²) in [6, 6.07) is 11.2. The number of fused-ring (bicyclic) bond motifs is 1. The molecule has 0 radical (unpaired) electrons. The van der Waals surface area contributed by atoms with E-state index in [-0.39, 0.29) is 17.3 Å². The number of rotatable bonds is 4. The lowest BCUT2D eigenvalue weighted by Gasteiger charge is -2.12. The van der Waals surface area contributed by atoms with Gasteiger partial charge in [0.15, 0.2) is 0 Å². The maximum atomic E-state index is 12.4. The van der Waals surface area contributed by atoms with Crippen molar-refractivity contribution >= 4 is 11.6 Å². The number of para-hydroxylation sites is 2. The quantitative estimate of drug-likeness (QED) is 0.941. The van der Waals surface area contributed by atoms with Gasteiger partial charge in [0.1, 0.15) is 11.5 Å². The first-order chi connectivity index (χ1) is 10.6. The molecule has 0 saturated carbocycles. The van der Waals surface area contributed by atoms with Crippen molar-refractivity contribution < 1.29 is 23.0 Å². The number of ether oxygens (including phenoxy) is 2. The number of carbonyl (C=O) groups excluding carboxylic acids is 1. The van der Waals surface area contributed by atoms with E-state index >= 15 is 0 Å². The van der Waals surface area contributed by atoms with Crippen molar-refractivity contribution in [3.8, 4) is 11.5 Å². The first-order valence-electron chi connectivity index (χ1n) is 6.74. The Balaban J connectivity index is 1.80. The normalized spacial score (nSPS) is 12.7. The van der Waals surface area contributed by atoms with Gasteiger partial charge in [-0.25, -0.2) is 0 Å². The second-order valence-electron chi connectivity index (χ2n) is 4.75. The summed E-state index contributed by atoms with van der Waals surface area (Å²) < 4.78 is 34.5. The molecule has 0 spiro atoms. The maximum absolute atomic E-state index is 12.4. The molecule has 114 valence electrons. The van der Waals surface area contributed by atoms with E-state index in [0.717, 1.165) is 17.7 Å². The topological polar surface area (TPSA) is 47.6 Å². The lowest BCUT2D eigenvalue weighted by Crippen LogP contribution is -2.14. The molecule has 1 amide bonds. The van der Waals surface area contributed by atoms with E-state index in [1.807, 2.05) is 0 Å². The molecule has 1 heterocycles. The summed E-state index contributed by atoms with van der Waals surface area (Å²) >= 11 is 0. The van der Waals surface area contributed by atoms with Crippen LogP contribution in [0.5, 0.6) is 11.5 Å². The van der Waals surface area contributed by atoms with Gasteiger partial charge in [0.05, 0.1) is 12.3 Å². The van der Waals surface area contributed by atoms with E-state index < -0.39 is 6.61 Å². The highest BCUT2D eigenvalue weighted by Gasteiger charge is 2.16. The SMILES string of the molecule is O=C(Nc1ccccc1OC(F)F)c1ccc2c(c1)CCO2. The smallest absolute Gasteiger partial charge is 0.387 e. The summed E-state index contributed by atoms with van der Waals surface area (Å²) in [5.41, 5.74) is 1.60. The van der Waals surface area contributed by atoms with Gasteiger partial charge < -0.3 is 14.8 Å². The van der Waals surface area contributed by atoms with Crippen LogP contribution in [0.3, 0.4) is 0 Å². The number of hydrogen-bond donors (Lipinski definition) is 1. The van der Waals surface area contributed by atoms with Crippen molar-refractivity contribution in [3.63, 3.8) is 0 Å². The molecule has 2 aromatic carbocycles. The molecule has 0 aliphatic carbocycles. The van der Waals surface area contributed by atoms with Gasteiger partial charge in [0.25, 0.3) is 5.91 Å². The Morgan fingerprint density at radius 3 is 2.86 bits per heavy atom. The standard InChI is InChI=1S/C16H13F2NO3/c17-16(18)22-14-4-2-1-3-12(14)19-15(20)11-5-6-13-10(9-11)7-8-21-13/h1-6,9,16H,7-8H2,(H,19,20). The summed E-state index contributed by atoms with van der Waals surface area (Å²) in [5.74, 6) is 0.313. The van der Waals surface area contributed by atoms with E-state index in [1.165, 1.54) is 12.1 Å². The Bertz CT molecular complexity index is 704. The molecule has 0 unspecified atom stereocenters. The van der Waals surface area contributed by atoms with Gasteiger partial charge >= 0.3 is 6.61 Å². The van der Waals surface area contributed by atoms with E-state index in [0.29, 0.717) is 12.2 Å². The van der Waals surface area contributed by atoms with Gasteiger partial charge in [-0.15, -0.1) is 0 Å². The number of nitrogens with one attached hydrogen (secondary N) is 1. The Morgan fingerprint density at radius 1 is 1.23 bits per heavy atom. The Labute approximate surface area is 125 Å². The molecule has 1 aliphatic heterocycles. The largest absolute Gasteiger partial charge is 0.493 e. The van der Waals surface area contributed by atoms with Crippen LogP contribution in [0, 0.1) is 0 Å². The molecule has 0 fully saturated rings. The second kappa shape index (κ2) is 6.01. The number of halogens is 2. The highest BCUT2D eigenvalue weighted by atomic mass is 19.3.